The zero-order valence-corrected chi connectivity index (χ0v) is 14.6. The van der Waals surface area contributed by atoms with Gasteiger partial charge < -0.3 is 10.2 Å². The Hall–Kier alpha value is -1.35. The second-order valence-corrected chi connectivity index (χ2v) is 6.01. The van der Waals surface area contributed by atoms with Crippen LogP contribution in [0.15, 0.2) is 36.5 Å². The standard InChI is InChI=1S/C20H34O3/c1-2-3-4-10-13-16-19(21)17-14-11-8-6-5-7-9-12-15-18-20(22)23/h5,7,9,12,15,18-19,21H,2-4,6,8,10-11,13-14,16-17H2,1H3,(H,22,23)/t19-/m1/s1. The van der Waals surface area contributed by atoms with Crippen LogP contribution >= 0.6 is 0 Å². The number of carboxylic acid groups (broad SMARTS) is 1. The quantitative estimate of drug-likeness (QED) is 0.241. The van der Waals surface area contributed by atoms with Crippen molar-refractivity contribution in [2.45, 2.75) is 83.7 Å². The number of hydrogen-bond acceptors (Lipinski definition) is 2. The Morgan fingerprint density at radius 3 is 2.13 bits per heavy atom. The molecule has 23 heavy (non-hydrogen) atoms. The van der Waals surface area contributed by atoms with Crippen LogP contribution in [0, 0.1) is 0 Å². The van der Waals surface area contributed by atoms with Crippen LogP contribution in [0.5, 0.6) is 0 Å². The van der Waals surface area contributed by atoms with E-state index in [2.05, 4.69) is 13.0 Å². The molecule has 1 atom stereocenters. The molecule has 0 aromatic carbocycles. The molecule has 0 rings (SSSR count). The Kier molecular flexibility index (Phi) is 16.0. The summed E-state index contributed by atoms with van der Waals surface area (Å²) in [4.78, 5) is 10.2. The predicted molar refractivity (Wildman–Crippen MR) is 97.5 cm³/mol. The van der Waals surface area contributed by atoms with E-state index in [1.807, 2.05) is 12.2 Å². The van der Waals surface area contributed by atoms with Crippen LogP contribution in [-0.4, -0.2) is 22.3 Å². The van der Waals surface area contributed by atoms with Gasteiger partial charge in [0.25, 0.3) is 0 Å². The number of unbranched alkanes of at least 4 members (excludes halogenated alkanes) is 7. The molecule has 0 unspecified atom stereocenters. The third-order valence-corrected chi connectivity index (χ3v) is 3.76. The Morgan fingerprint density at radius 2 is 1.48 bits per heavy atom. The zero-order chi connectivity index (χ0) is 17.2. The zero-order valence-electron chi connectivity index (χ0n) is 14.6. The van der Waals surface area contributed by atoms with Crippen molar-refractivity contribution >= 4 is 5.97 Å². The molecule has 3 heteroatoms. The summed E-state index contributed by atoms with van der Waals surface area (Å²) in [6.45, 7) is 2.22. The van der Waals surface area contributed by atoms with E-state index in [9.17, 15) is 9.90 Å². The molecular formula is C20H34O3. The molecule has 0 heterocycles. The van der Waals surface area contributed by atoms with Crippen LogP contribution in [0.4, 0.5) is 0 Å². The van der Waals surface area contributed by atoms with Gasteiger partial charge in [-0.2, -0.15) is 0 Å². The van der Waals surface area contributed by atoms with E-state index in [4.69, 9.17) is 5.11 Å². The number of allylic oxidation sites excluding steroid dienone is 5. The molecule has 0 aliphatic heterocycles. The summed E-state index contributed by atoms with van der Waals surface area (Å²) >= 11 is 0. The van der Waals surface area contributed by atoms with Crippen molar-refractivity contribution in [3.05, 3.63) is 36.5 Å². The van der Waals surface area contributed by atoms with Crippen molar-refractivity contribution in [3.8, 4) is 0 Å². The highest BCUT2D eigenvalue weighted by Crippen LogP contribution is 2.12. The first-order chi connectivity index (χ1) is 11.2. The second-order valence-electron chi connectivity index (χ2n) is 6.01. The molecule has 0 radical (unpaired) electrons. The van der Waals surface area contributed by atoms with Gasteiger partial charge in [-0.1, -0.05) is 82.2 Å². The van der Waals surface area contributed by atoms with Gasteiger partial charge in [-0.25, -0.2) is 4.79 Å². The molecule has 0 aromatic heterocycles. The van der Waals surface area contributed by atoms with E-state index in [-0.39, 0.29) is 6.10 Å². The van der Waals surface area contributed by atoms with Crippen LogP contribution < -0.4 is 0 Å². The van der Waals surface area contributed by atoms with Gasteiger partial charge >= 0.3 is 5.97 Å². The summed E-state index contributed by atoms with van der Waals surface area (Å²) in [5.74, 6) is -0.929. The van der Waals surface area contributed by atoms with E-state index >= 15 is 0 Å². The normalized spacial score (nSPS) is 13.5. The maximum atomic E-state index is 10.2. The van der Waals surface area contributed by atoms with Gasteiger partial charge in [0.15, 0.2) is 0 Å². The lowest BCUT2D eigenvalue weighted by atomic mass is 10.0. The third kappa shape index (κ3) is 18.6. The van der Waals surface area contributed by atoms with Gasteiger partial charge in [-0.05, 0) is 25.7 Å². The molecule has 132 valence electrons. The summed E-state index contributed by atoms with van der Waals surface area (Å²) in [6.07, 6.45) is 22.7. The van der Waals surface area contributed by atoms with Crippen LogP contribution in [0.2, 0.25) is 0 Å². The van der Waals surface area contributed by atoms with Gasteiger partial charge in [-0.3, -0.25) is 0 Å². The first-order valence-corrected chi connectivity index (χ1v) is 9.07. The lowest BCUT2D eigenvalue weighted by molar-refractivity contribution is -0.131. The monoisotopic (exact) mass is 322 g/mol. The first kappa shape index (κ1) is 21.6. The summed E-state index contributed by atoms with van der Waals surface area (Å²) in [5, 5.41) is 18.3. The number of aliphatic carboxylic acids is 1. The van der Waals surface area contributed by atoms with E-state index in [0.29, 0.717) is 0 Å². The predicted octanol–water partition coefficient (Wildman–Crippen LogP) is 5.41. The van der Waals surface area contributed by atoms with Crippen molar-refractivity contribution in [3.63, 3.8) is 0 Å². The summed E-state index contributed by atoms with van der Waals surface area (Å²) in [5.41, 5.74) is 0. The number of carboxylic acids is 1. The molecule has 0 aliphatic rings. The molecule has 2 N–H and O–H groups in total. The fourth-order valence-electron chi connectivity index (χ4n) is 2.39. The van der Waals surface area contributed by atoms with Crippen molar-refractivity contribution in [1.82, 2.24) is 0 Å². The average molecular weight is 322 g/mol. The molecule has 0 bridgehead atoms. The Labute approximate surface area is 141 Å². The molecule has 0 amide bonds. The van der Waals surface area contributed by atoms with Crippen molar-refractivity contribution in [2.75, 3.05) is 0 Å². The van der Waals surface area contributed by atoms with Crippen LogP contribution in [0.1, 0.15) is 77.6 Å². The van der Waals surface area contributed by atoms with Gasteiger partial charge in [0.1, 0.15) is 0 Å². The lowest BCUT2D eigenvalue weighted by Crippen LogP contribution is -2.05. The summed E-state index contributed by atoms with van der Waals surface area (Å²) in [7, 11) is 0. The molecule has 0 fully saturated rings. The largest absolute Gasteiger partial charge is 0.478 e. The summed E-state index contributed by atoms with van der Waals surface area (Å²) < 4.78 is 0. The first-order valence-electron chi connectivity index (χ1n) is 9.07. The lowest BCUT2D eigenvalue weighted by Gasteiger charge is -2.09. The number of rotatable bonds is 15. The van der Waals surface area contributed by atoms with Gasteiger partial charge in [0.2, 0.25) is 0 Å². The highest BCUT2D eigenvalue weighted by Gasteiger charge is 2.03. The molecule has 0 saturated carbocycles. The minimum Gasteiger partial charge on any atom is -0.478 e. The minimum absolute atomic E-state index is 0.115. The van der Waals surface area contributed by atoms with E-state index in [0.717, 1.165) is 51.0 Å². The third-order valence-electron chi connectivity index (χ3n) is 3.76. The fourth-order valence-corrected chi connectivity index (χ4v) is 2.39. The van der Waals surface area contributed by atoms with Crippen molar-refractivity contribution in [1.29, 1.82) is 0 Å². The molecule has 0 saturated heterocycles. The topological polar surface area (TPSA) is 57.5 Å². The van der Waals surface area contributed by atoms with E-state index in [1.165, 1.54) is 31.8 Å². The molecule has 0 spiro atoms. The van der Waals surface area contributed by atoms with E-state index < -0.39 is 5.97 Å². The molecule has 0 aliphatic carbocycles. The smallest absolute Gasteiger partial charge is 0.328 e. The fraction of sp³-hybridized carbons (Fsp3) is 0.650. The molecular weight excluding hydrogens is 288 g/mol. The Balaban J connectivity index is 3.39. The molecule has 0 aromatic rings. The minimum atomic E-state index is -0.929. The summed E-state index contributed by atoms with van der Waals surface area (Å²) in [6, 6.07) is 0. The molecule has 3 nitrogen and oxygen atoms in total. The van der Waals surface area contributed by atoms with Crippen molar-refractivity contribution < 1.29 is 15.0 Å². The van der Waals surface area contributed by atoms with Gasteiger partial charge in [0, 0.05) is 6.08 Å². The second kappa shape index (κ2) is 17.0. The average Bonchev–Trinajstić information content (AvgIpc) is 2.52. The van der Waals surface area contributed by atoms with Crippen LogP contribution in [0.3, 0.4) is 0 Å². The van der Waals surface area contributed by atoms with Gasteiger partial charge in [0.05, 0.1) is 6.10 Å². The number of aliphatic hydroxyl groups is 1. The van der Waals surface area contributed by atoms with Crippen molar-refractivity contribution in [2.24, 2.45) is 0 Å². The van der Waals surface area contributed by atoms with E-state index in [1.54, 1.807) is 6.08 Å². The maximum Gasteiger partial charge on any atom is 0.328 e. The highest BCUT2D eigenvalue weighted by atomic mass is 16.4. The maximum absolute atomic E-state index is 10.2. The number of aliphatic hydroxyl groups excluding tert-OH is 1. The Bertz CT molecular complexity index is 356. The van der Waals surface area contributed by atoms with Crippen LogP contribution in [-0.2, 0) is 4.79 Å². The van der Waals surface area contributed by atoms with Gasteiger partial charge in [-0.15, -0.1) is 0 Å². The number of hydrogen-bond donors (Lipinski definition) is 2. The van der Waals surface area contributed by atoms with Crippen LogP contribution in [0.25, 0.3) is 0 Å². The Morgan fingerprint density at radius 1 is 0.870 bits per heavy atom. The highest BCUT2D eigenvalue weighted by molar-refractivity contribution is 5.80. The number of carbonyl (C=O) groups is 1. The SMILES string of the molecule is CCCCCCC[C@@H](O)CCCCCC=CC=CC=CC(=O)O.